The van der Waals surface area contributed by atoms with Gasteiger partial charge < -0.3 is 16.2 Å². The van der Waals surface area contributed by atoms with Crippen molar-refractivity contribution in [1.82, 2.24) is 0 Å². The summed E-state index contributed by atoms with van der Waals surface area (Å²) in [6.45, 7) is 0.408. The van der Waals surface area contributed by atoms with E-state index in [4.69, 9.17) is 16.2 Å². The van der Waals surface area contributed by atoms with Gasteiger partial charge in [-0.2, -0.15) is 0 Å². The molecule has 0 unspecified atom stereocenters. The summed E-state index contributed by atoms with van der Waals surface area (Å²) < 4.78 is 5.79. The second kappa shape index (κ2) is 5.72. The third-order valence-electron chi connectivity index (χ3n) is 2.38. The van der Waals surface area contributed by atoms with Crippen LogP contribution in [-0.4, -0.2) is 5.96 Å². The van der Waals surface area contributed by atoms with Crippen LogP contribution in [0.4, 0.5) is 0 Å². The van der Waals surface area contributed by atoms with Gasteiger partial charge in [-0.3, -0.25) is 0 Å². The van der Waals surface area contributed by atoms with Crippen LogP contribution in [0.5, 0.6) is 11.5 Å². The molecule has 0 bridgehead atoms. The van der Waals surface area contributed by atoms with E-state index in [1.807, 2.05) is 54.6 Å². The van der Waals surface area contributed by atoms with Crippen LogP contribution in [-0.2, 0) is 6.54 Å². The molecule has 4 N–H and O–H groups in total. The largest absolute Gasteiger partial charge is 0.457 e. The third kappa shape index (κ3) is 3.25. The Hall–Kier alpha value is -2.49. The Labute approximate surface area is 106 Å². The first-order valence-corrected chi connectivity index (χ1v) is 5.62. The van der Waals surface area contributed by atoms with E-state index in [1.165, 1.54) is 0 Å². The van der Waals surface area contributed by atoms with Gasteiger partial charge in [0.05, 0.1) is 6.54 Å². The molecule has 2 rings (SSSR count). The highest BCUT2D eigenvalue weighted by Crippen LogP contribution is 2.25. The zero-order valence-electron chi connectivity index (χ0n) is 9.91. The van der Waals surface area contributed by atoms with Gasteiger partial charge in [0, 0.05) is 5.56 Å². The predicted octanol–water partition coefficient (Wildman–Crippen LogP) is 2.25. The maximum atomic E-state index is 5.79. The SMILES string of the molecule is NC(N)=NCc1ccccc1Oc1ccccc1. The van der Waals surface area contributed by atoms with Crippen LogP contribution in [0.15, 0.2) is 59.6 Å². The standard InChI is InChI=1S/C14H15N3O/c15-14(16)17-10-11-6-4-5-9-13(11)18-12-7-2-1-3-8-12/h1-9H,10H2,(H4,15,16,17). The lowest BCUT2D eigenvalue weighted by molar-refractivity contribution is 0.476. The van der Waals surface area contributed by atoms with Crippen LogP contribution < -0.4 is 16.2 Å². The lowest BCUT2D eigenvalue weighted by Gasteiger charge is -2.09. The van der Waals surface area contributed by atoms with E-state index in [0.29, 0.717) is 6.54 Å². The molecule has 4 heteroatoms. The minimum atomic E-state index is 0.0736. The molecule has 0 radical (unpaired) electrons. The van der Waals surface area contributed by atoms with Crippen molar-refractivity contribution in [2.24, 2.45) is 16.5 Å². The molecule has 2 aromatic rings. The van der Waals surface area contributed by atoms with Gasteiger partial charge in [0.2, 0.25) is 0 Å². The zero-order valence-corrected chi connectivity index (χ0v) is 9.91. The molecule has 0 aliphatic carbocycles. The Kier molecular flexibility index (Phi) is 3.81. The average molecular weight is 241 g/mol. The zero-order chi connectivity index (χ0) is 12.8. The van der Waals surface area contributed by atoms with Crippen molar-refractivity contribution >= 4 is 5.96 Å². The van der Waals surface area contributed by atoms with Gasteiger partial charge in [0.25, 0.3) is 0 Å². The molecule has 0 spiro atoms. The van der Waals surface area contributed by atoms with Crippen molar-refractivity contribution in [1.29, 1.82) is 0 Å². The Morgan fingerprint density at radius 3 is 2.33 bits per heavy atom. The predicted molar refractivity (Wildman–Crippen MR) is 72.5 cm³/mol. The van der Waals surface area contributed by atoms with Crippen LogP contribution in [0, 0.1) is 0 Å². The van der Waals surface area contributed by atoms with Gasteiger partial charge in [-0.05, 0) is 18.2 Å². The van der Waals surface area contributed by atoms with E-state index in [0.717, 1.165) is 17.1 Å². The first-order valence-electron chi connectivity index (χ1n) is 5.62. The first-order chi connectivity index (χ1) is 8.75. The Balaban J connectivity index is 2.20. The summed E-state index contributed by atoms with van der Waals surface area (Å²) in [6, 6.07) is 17.3. The number of para-hydroxylation sites is 2. The van der Waals surface area contributed by atoms with Gasteiger partial charge in [0.1, 0.15) is 11.5 Å². The summed E-state index contributed by atoms with van der Waals surface area (Å²) >= 11 is 0. The third-order valence-corrected chi connectivity index (χ3v) is 2.38. The van der Waals surface area contributed by atoms with Crippen molar-refractivity contribution in [2.75, 3.05) is 0 Å². The van der Waals surface area contributed by atoms with Gasteiger partial charge >= 0.3 is 0 Å². The average Bonchev–Trinajstić information content (AvgIpc) is 2.39. The number of rotatable bonds is 4. The summed E-state index contributed by atoms with van der Waals surface area (Å²) in [4.78, 5) is 3.99. The summed E-state index contributed by atoms with van der Waals surface area (Å²) in [5.41, 5.74) is 11.6. The van der Waals surface area contributed by atoms with Gasteiger partial charge in [-0.15, -0.1) is 0 Å². The monoisotopic (exact) mass is 241 g/mol. The first kappa shape index (κ1) is 12.0. The Morgan fingerprint density at radius 2 is 1.61 bits per heavy atom. The van der Waals surface area contributed by atoms with Crippen LogP contribution in [0.25, 0.3) is 0 Å². The second-order valence-corrected chi connectivity index (χ2v) is 3.76. The fourth-order valence-electron chi connectivity index (χ4n) is 1.53. The molecule has 0 aliphatic rings. The molecule has 0 amide bonds. The van der Waals surface area contributed by atoms with Crippen LogP contribution in [0.3, 0.4) is 0 Å². The van der Waals surface area contributed by atoms with Crippen LogP contribution >= 0.6 is 0 Å². The maximum absolute atomic E-state index is 5.79. The number of nitrogens with two attached hydrogens (primary N) is 2. The van der Waals surface area contributed by atoms with Crippen LogP contribution in [0.2, 0.25) is 0 Å². The van der Waals surface area contributed by atoms with E-state index in [9.17, 15) is 0 Å². The molecule has 0 aromatic heterocycles. The molecule has 0 atom stereocenters. The number of ether oxygens (including phenoxy) is 1. The minimum absolute atomic E-state index is 0.0736. The number of benzene rings is 2. The molecule has 92 valence electrons. The molecule has 0 saturated heterocycles. The molecule has 0 heterocycles. The number of guanidine groups is 1. The van der Waals surface area contributed by atoms with Crippen molar-refractivity contribution in [3.8, 4) is 11.5 Å². The van der Waals surface area contributed by atoms with Crippen LogP contribution in [0.1, 0.15) is 5.56 Å². The maximum Gasteiger partial charge on any atom is 0.186 e. The highest BCUT2D eigenvalue weighted by Gasteiger charge is 2.03. The quantitative estimate of drug-likeness (QED) is 0.637. The highest BCUT2D eigenvalue weighted by molar-refractivity contribution is 5.75. The summed E-state index contributed by atoms with van der Waals surface area (Å²) in [7, 11) is 0. The van der Waals surface area contributed by atoms with E-state index in [-0.39, 0.29) is 5.96 Å². The normalized spacial score (nSPS) is 9.78. The lowest BCUT2D eigenvalue weighted by atomic mass is 10.2. The second-order valence-electron chi connectivity index (χ2n) is 3.76. The molecular formula is C14H15N3O. The number of aliphatic imine (C=N–C) groups is 1. The molecular weight excluding hydrogens is 226 g/mol. The van der Waals surface area contributed by atoms with E-state index in [1.54, 1.807) is 0 Å². The van der Waals surface area contributed by atoms with E-state index in [2.05, 4.69) is 4.99 Å². The van der Waals surface area contributed by atoms with Crippen molar-refractivity contribution in [3.05, 3.63) is 60.2 Å². The minimum Gasteiger partial charge on any atom is -0.457 e. The van der Waals surface area contributed by atoms with Crippen molar-refractivity contribution in [2.45, 2.75) is 6.54 Å². The molecule has 0 aliphatic heterocycles. The fourth-order valence-corrected chi connectivity index (χ4v) is 1.53. The molecule has 0 saturated carbocycles. The van der Waals surface area contributed by atoms with Gasteiger partial charge in [0.15, 0.2) is 5.96 Å². The van der Waals surface area contributed by atoms with Crippen molar-refractivity contribution in [3.63, 3.8) is 0 Å². The topological polar surface area (TPSA) is 73.6 Å². The van der Waals surface area contributed by atoms with E-state index >= 15 is 0 Å². The summed E-state index contributed by atoms with van der Waals surface area (Å²) in [6.07, 6.45) is 0. The molecule has 0 fully saturated rings. The number of hydrogen-bond donors (Lipinski definition) is 2. The molecule has 18 heavy (non-hydrogen) atoms. The Morgan fingerprint density at radius 1 is 0.944 bits per heavy atom. The molecule has 4 nitrogen and oxygen atoms in total. The highest BCUT2D eigenvalue weighted by atomic mass is 16.5. The van der Waals surface area contributed by atoms with Gasteiger partial charge in [-0.25, -0.2) is 4.99 Å². The number of hydrogen-bond acceptors (Lipinski definition) is 2. The smallest absolute Gasteiger partial charge is 0.186 e. The van der Waals surface area contributed by atoms with E-state index < -0.39 is 0 Å². The summed E-state index contributed by atoms with van der Waals surface area (Å²) in [5.74, 6) is 1.62. The molecule has 2 aromatic carbocycles. The fraction of sp³-hybridized carbons (Fsp3) is 0.0714. The van der Waals surface area contributed by atoms with Crippen molar-refractivity contribution < 1.29 is 4.74 Å². The number of nitrogens with zero attached hydrogens (tertiary/aromatic N) is 1. The van der Waals surface area contributed by atoms with Gasteiger partial charge in [-0.1, -0.05) is 36.4 Å². The Bertz CT molecular complexity index is 534. The lowest BCUT2D eigenvalue weighted by Crippen LogP contribution is -2.22. The summed E-state index contributed by atoms with van der Waals surface area (Å²) in [5, 5.41) is 0.